The molecule has 8 nitrogen and oxygen atoms in total. The van der Waals surface area contributed by atoms with E-state index in [0.717, 1.165) is 51.4 Å². The highest BCUT2D eigenvalue weighted by molar-refractivity contribution is 5.92. The minimum atomic E-state index is -1.23. The van der Waals surface area contributed by atoms with Gasteiger partial charge < -0.3 is 20.4 Å². The van der Waals surface area contributed by atoms with Gasteiger partial charge in [-0.3, -0.25) is 19.2 Å². The molecule has 0 aliphatic rings. The van der Waals surface area contributed by atoms with E-state index in [4.69, 9.17) is 20.4 Å². The Kier molecular flexibility index (Phi) is 27.5. The van der Waals surface area contributed by atoms with Crippen molar-refractivity contribution < 1.29 is 39.6 Å². The topological polar surface area (TPSA) is 149 Å². The summed E-state index contributed by atoms with van der Waals surface area (Å²) < 4.78 is 0. The fourth-order valence-electron chi connectivity index (χ4n) is 3.98. The van der Waals surface area contributed by atoms with E-state index in [-0.39, 0.29) is 6.42 Å². The zero-order valence-corrected chi connectivity index (χ0v) is 22.6. The molecule has 0 aromatic rings. The van der Waals surface area contributed by atoms with Crippen LogP contribution in [0.5, 0.6) is 0 Å². The Labute approximate surface area is 217 Å². The number of aliphatic carboxylic acids is 4. The van der Waals surface area contributed by atoms with Crippen LogP contribution in [0.4, 0.5) is 0 Å². The van der Waals surface area contributed by atoms with Gasteiger partial charge in [0.25, 0.3) is 0 Å². The van der Waals surface area contributed by atoms with Crippen molar-refractivity contribution in [3.8, 4) is 0 Å². The first-order chi connectivity index (χ1) is 17.2. The van der Waals surface area contributed by atoms with Gasteiger partial charge >= 0.3 is 23.9 Å². The number of hydrogen-bond acceptors (Lipinski definition) is 4. The molecule has 0 unspecified atom stereocenters. The maximum atomic E-state index is 10.6. The predicted molar refractivity (Wildman–Crippen MR) is 141 cm³/mol. The highest BCUT2D eigenvalue weighted by atomic mass is 16.4. The van der Waals surface area contributed by atoms with Gasteiger partial charge in [0.15, 0.2) is 5.92 Å². The second-order valence-corrected chi connectivity index (χ2v) is 9.67. The third-order valence-corrected chi connectivity index (χ3v) is 6.22. The van der Waals surface area contributed by atoms with Crippen molar-refractivity contribution in [2.24, 2.45) is 5.92 Å². The molecule has 0 radical (unpaired) electrons. The van der Waals surface area contributed by atoms with Crippen LogP contribution in [0.2, 0.25) is 0 Å². The fraction of sp³-hybridized carbons (Fsp3) is 0.857. The lowest BCUT2D eigenvalue weighted by molar-refractivity contribution is -0.155. The third-order valence-electron chi connectivity index (χ3n) is 6.22. The summed E-state index contributed by atoms with van der Waals surface area (Å²) in [6, 6.07) is 0. The minimum absolute atomic E-state index is 0.250. The summed E-state index contributed by atoms with van der Waals surface area (Å²) in [5, 5.41) is 34.3. The third kappa shape index (κ3) is 29.9. The van der Waals surface area contributed by atoms with E-state index in [1.165, 1.54) is 64.2 Å². The summed E-state index contributed by atoms with van der Waals surface area (Å²) in [5.74, 6) is -5.06. The van der Waals surface area contributed by atoms with E-state index in [0.29, 0.717) is 19.3 Å². The number of unbranched alkanes of at least 4 members (excludes halogenated alkanes) is 17. The first kappa shape index (κ1) is 36.0. The first-order valence-electron chi connectivity index (χ1n) is 14.1. The number of carboxylic acid groups (broad SMARTS) is 4. The van der Waals surface area contributed by atoms with Gasteiger partial charge in [-0.05, 0) is 19.3 Å². The van der Waals surface area contributed by atoms with Crippen LogP contribution in [0, 0.1) is 5.92 Å². The Morgan fingerprint density at radius 2 is 0.722 bits per heavy atom. The van der Waals surface area contributed by atoms with Crippen molar-refractivity contribution >= 4 is 23.9 Å². The number of hydrogen-bond donors (Lipinski definition) is 4. The van der Waals surface area contributed by atoms with Crippen molar-refractivity contribution in [2.75, 3.05) is 0 Å². The molecule has 0 aromatic heterocycles. The Bertz CT molecular complexity index is 524. The lowest BCUT2D eigenvalue weighted by atomic mass is 10.00. The minimum Gasteiger partial charge on any atom is -0.481 e. The monoisotopic (exact) mass is 516 g/mol. The molecule has 4 N–H and O–H groups in total. The highest BCUT2D eigenvalue weighted by Gasteiger charge is 2.24. The summed E-state index contributed by atoms with van der Waals surface area (Å²) in [4.78, 5) is 41.8. The lowest BCUT2D eigenvalue weighted by Gasteiger charge is -2.06. The first-order valence-corrected chi connectivity index (χ1v) is 14.1. The van der Waals surface area contributed by atoms with Gasteiger partial charge in [-0.1, -0.05) is 116 Å². The fourth-order valence-corrected chi connectivity index (χ4v) is 3.98. The summed E-state index contributed by atoms with van der Waals surface area (Å²) in [5.41, 5.74) is 0. The summed E-state index contributed by atoms with van der Waals surface area (Å²) in [7, 11) is 0. The van der Waals surface area contributed by atoms with Gasteiger partial charge in [0.2, 0.25) is 0 Å². The molecule has 0 saturated carbocycles. The Morgan fingerprint density at radius 3 is 1.00 bits per heavy atom. The molecular formula is C28H52O8. The molecule has 8 heteroatoms. The van der Waals surface area contributed by atoms with Crippen LogP contribution in [0.1, 0.15) is 148 Å². The van der Waals surface area contributed by atoms with Crippen LogP contribution in [0.3, 0.4) is 0 Å². The van der Waals surface area contributed by atoms with Crippen molar-refractivity contribution in [3.05, 3.63) is 0 Å². The average Bonchev–Trinajstić information content (AvgIpc) is 2.80. The van der Waals surface area contributed by atoms with E-state index in [1.54, 1.807) is 0 Å². The predicted octanol–water partition coefficient (Wildman–Crippen LogP) is 7.53. The van der Waals surface area contributed by atoms with Gasteiger partial charge in [0.1, 0.15) is 0 Å². The van der Waals surface area contributed by atoms with Gasteiger partial charge in [-0.25, -0.2) is 0 Å². The van der Waals surface area contributed by atoms with Crippen molar-refractivity contribution in [1.82, 2.24) is 0 Å². The zero-order valence-electron chi connectivity index (χ0n) is 22.6. The SMILES string of the molecule is CCCCCCCCCCCC(C(=O)O)C(=O)O.O=C(O)CCCCCCCCCCCCC(=O)O. The normalized spacial score (nSPS) is 10.6. The Morgan fingerprint density at radius 1 is 0.444 bits per heavy atom. The Hall–Kier alpha value is -2.12. The second kappa shape index (κ2) is 27.5. The van der Waals surface area contributed by atoms with Crippen LogP contribution in [0.15, 0.2) is 0 Å². The molecule has 0 fully saturated rings. The van der Waals surface area contributed by atoms with E-state index in [9.17, 15) is 19.2 Å². The van der Waals surface area contributed by atoms with Crippen molar-refractivity contribution in [2.45, 2.75) is 148 Å². The quantitative estimate of drug-likeness (QED) is 0.0718. The number of rotatable bonds is 25. The molecule has 0 heterocycles. The van der Waals surface area contributed by atoms with Gasteiger partial charge in [-0.2, -0.15) is 0 Å². The molecule has 36 heavy (non-hydrogen) atoms. The number of carbonyl (C=O) groups is 4. The number of carboxylic acids is 4. The van der Waals surface area contributed by atoms with Crippen LogP contribution in [0.25, 0.3) is 0 Å². The molecular weight excluding hydrogens is 464 g/mol. The molecule has 0 spiro atoms. The summed E-state index contributed by atoms with van der Waals surface area (Å²) >= 11 is 0. The summed E-state index contributed by atoms with van der Waals surface area (Å²) in [6.45, 7) is 2.20. The molecule has 0 saturated heterocycles. The van der Waals surface area contributed by atoms with E-state index < -0.39 is 29.8 Å². The van der Waals surface area contributed by atoms with E-state index >= 15 is 0 Å². The molecule has 0 aromatic carbocycles. The van der Waals surface area contributed by atoms with Crippen molar-refractivity contribution in [3.63, 3.8) is 0 Å². The van der Waals surface area contributed by atoms with Crippen LogP contribution in [-0.2, 0) is 19.2 Å². The standard InChI is InChI=1S/2C14H26O4/c1-2-3-4-5-6-7-8-9-10-11-12(13(15)16)14(17)18;15-13(16)11-9-7-5-3-1-2-4-6-8-10-12-14(17)18/h12H,2-11H2,1H3,(H,15,16)(H,17,18);1-12H2,(H,15,16)(H,17,18). The van der Waals surface area contributed by atoms with E-state index in [2.05, 4.69) is 6.92 Å². The molecule has 0 amide bonds. The summed E-state index contributed by atoms with van der Waals surface area (Å²) in [6.07, 6.45) is 21.8. The van der Waals surface area contributed by atoms with Crippen LogP contribution in [-0.4, -0.2) is 44.3 Å². The smallest absolute Gasteiger partial charge is 0.317 e. The van der Waals surface area contributed by atoms with Crippen LogP contribution < -0.4 is 0 Å². The molecule has 0 atom stereocenters. The maximum absolute atomic E-state index is 10.6. The van der Waals surface area contributed by atoms with Crippen LogP contribution >= 0.6 is 0 Å². The highest BCUT2D eigenvalue weighted by Crippen LogP contribution is 2.14. The largest absolute Gasteiger partial charge is 0.481 e. The maximum Gasteiger partial charge on any atom is 0.317 e. The van der Waals surface area contributed by atoms with Gasteiger partial charge in [0.05, 0.1) is 0 Å². The van der Waals surface area contributed by atoms with Gasteiger partial charge in [-0.15, -0.1) is 0 Å². The van der Waals surface area contributed by atoms with Crippen molar-refractivity contribution in [1.29, 1.82) is 0 Å². The molecule has 0 rings (SSSR count). The van der Waals surface area contributed by atoms with Gasteiger partial charge in [0, 0.05) is 12.8 Å². The van der Waals surface area contributed by atoms with E-state index in [1.807, 2.05) is 0 Å². The average molecular weight is 517 g/mol. The zero-order chi connectivity index (χ0) is 27.4. The molecule has 0 aliphatic carbocycles. The second-order valence-electron chi connectivity index (χ2n) is 9.67. The molecule has 0 bridgehead atoms. The molecule has 0 aliphatic heterocycles. The lowest BCUT2D eigenvalue weighted by Crippen LogP contribution is -2.23. The Balaban J connectivity index is 0. The molecule has 212 valence electrons.